The van der Waals surface area contributed by atoms with Gasteiger partial charge in [-0.15, -0.1) is 0 Å². The lowest BCUT2D eigenvalue weighted by atomic mass is 10.4. The molecular weight excluding hydrogens is 230 g/mol. The summed E-state index contributed by atoms with van der Waals surface area (Å²) in [5.41, 5.74) is 0. The Balaban J connectivity index is 1.96. The first-order chi connectivity index (χ1) is 8.74. The number of carbonyl (C=O) groups is 1. The molecule has 0 bridgehead atoms. The second-order valence-corrected chi connectivity index (χ2v) is 4.57. The molecule has 2 rings (SSSR count). The number of nitrogens with zero attached hydrogens (tertiary/aromatic N) is 3. The van der Waals surface area contributed by atoms with Crippen molar-refractivity contribution in [1.82, 2.24) is 14.5 Å². The van der Waals surface area contributed by atoms with Crippen LogP contribution in [-0.4, -0.2) is 39.6 Å². The molecule has 18 heavy (non-hydrogen) atoms. The Morgan fingerprint density at radius 1 is 1.56 bits per heavy atom. The molecule has 0 amide bonds. The molecule has 0 aromatic carbocycles. The van der Waals surface area contributed by atoms with Crippen molar-refractivity contribution in [3.05, 3.63) is 18.2 Å². The van der Waals surface area contributed by atoms with Crippen LogP contribution in [0.5, 0.6) is 0 Å². The molecule has 0 radical (unpaired) electrons. The molecule has 0 saturated heterocycles. The third-order valence-corrected chi connectivity index (χ3v) is 3.19. The minimum absolute atomic E-state index is 0.140. The Bertz CT molecular complexity index is 399. The van der Waals surface area contributed by atoms with Crippen molar-refractivity contribution in [2.24, 2.45) is 0 Å². The number of ether oxygens (including phenoxy) is 1. The number of aryl methyl sites for hydroxylation is 1. The summed E-state index contributed by atoms with van der Waals surface area (Å²) in [6, 6.07) is 0.524. The van der Waals surface area contributed by atoms with Gasteiger partial charge in [0.1, 0.15) is 5.82 Å². The van der Waals surface area contributed by atoms with E-state index in [4.69, 9.17) is 4.74 Å². The fourth-order valence-electron chi connectivity index (χ4n) is 2.09. The Morgan fingerprint density at radius 3 is 2.94 bits per heavy atom. The van der Waals surface area contributed by atoms with Gasteiger partial charge in [-0.25, -0.2) is 4.98 Å². The van der Waals surface area contributed by atoms with Gasteiger partial charge in [0.15, 0.2) is 0 Å². The average molecular weight is 251 g/mol. The third-order valence-electron chi connectivity index (χ3n) is 3.19. The monoisotopic (exact) mass is 251 g/mol. The third kappa shape index (κ3) is 3.32. The van der Waals surface area contributed by atoms with Crippen LogP contribution in [0.4, 0.5) is 0 Å². The molecule has 5 nitrogen and oxygen atoms in total. The Labute approximate surface area is 108 Å². The zero-order valence-corrected chi connectivity index (χ0v) is 11.1. The first kappa shape index (κ1) is 13.1. The summed E-state index contributed by atoms with van der Waals surface area (Å²) in [5.74, 6) is 0.882. The lowest BCUT2D eigenvalue weighted by Gasteiger charge is -2.20. The summed E-state index contributed by atoms with van der Waals surface area (Å²) >= 11 is 0. The maximum Gasteiger partial charge on any atom is 0.320 e. The highest BCUT2D eigenvalue weighted by Crippen LogP contribution is 2.27. The normalized spacial score (nSPS) is 15.1. The Hall–Kier alpha value is -1.36. The first-order valence-electron chi connectivity index (χ1n) is 6.64. The van der Waals surface area contributed by atoms with E-state index < -0.39 is 0 Å². The molecule has 0 spiro atoms. The SMILES string of the molecule is CCOC(=O)CN(Cc1nccn1CC)C1CC1. The second-order valence-electron chi connectivity index (χ2n) is 4.57. The lowest BCUT2D eigenvalue weighted by molar-refractivity contribution is -0.144. The molecule has 1 aliphatic carbocycles. The van der Waals surface area contributed by atoms with Crippen LogP contribution in [0.15, 0.2) is 12.4 Å². The van der Waals surface area contributed by atoms with Crippen molar-refractivity contribution in [3.8, 4) is 0 Å². The molecule has 0 unspecified atom stereocenters. The molecule has 1 heterocycles. The highest BCUT2D eigenvalue weighted by Gasteiger charge is 2.31. The van der Waals surface area contributed by atoms with Gasteiger partial charge >= 0.3 is 5.97 Å². The van der Waals surface area contributed by atoms with Crippen LogP contribution >= 0.6 is 0 Å². The van der Waals surface area contributed by atoms with Crippen LogP contribution in [0.2, 0.25) is 0 Å². The minimum atomic E-state index is -0.140. The van der Waals surface area contributed by atoms with E-state index in [9.17, 15) is 4.79 Å². The molecule has 0 aliphatic heterocycles. The number of hydrogen-bond acceptors (Lipinski definition) is 4. The second kappa shape index (κ2) is 6.00. The fourth-order valence-corrected chi connectivity index (χ4v) is 2.09. The maximum absolute atomic E-state index is 11.6. The number of esters is 1. The summed E-state index contributed by atoms with van der Waals surface area (Å²) in [6.45, 7) is 6.38. The topological polar surface area (TPSA) is 47.4 Å². The summed E-state index contributed by atoms with van der Waals surface area (Å²) in [7, 11) is 0. The van der Waals surface area contributed by atoms with Crippen molar-refractivity contribution < 1.29 is 9.53 Å². The molecule has 5 heteroatoms. The largest absolute Gasteiger partial charge is 0.465 e. The lowest BCUT2D eigenvalue weighted by Crippen LogP contribution is -2.33. The van der Waals surface area contributed by atoms with E-state index in [0.29, 0.717) is 19.2 Å². The van der Waals surface area contributed by atoms with Crippen LogP contribution < -0.4 is 0 Å². The van der Waals surface area contributed by atoms with Crippen LogP contribution in [-0.2, 0) is 22.6 Å². The van der Waals surface area contributed by atoms with E-state index in [1.807, 2.05) is 19.3 Å². The van der Waals surface area contributed by atoms with Gasteiger partial charge in [-0.05, 0) is 26.7 Å². The number of aromatic nitrogens is 2. The van der Waals surface area contributed by atoms with E-state index in [0.717, 1.165) is 18.9 Å². The van der Waals surface area contributed by atoms with Gasteiger partial charge in [0.05, 0.1) is 19.7 Å². The van der Waals surface area contributed by atoms with Gasteiger partial charge in [0.2, 0.25) is 0 Å². The number of carbonyl (C=O) groups excluding carboxylic acids is 1. The van der Waals surface area contributed by atoms with Crippen LogP contribution in [0.1, 0.15) is 32.5 Å². The molecule has 1 aromatic rings. The fraction of sp³-hybridized carbons (Fsp3) is 0.692. The van der Waals surface area contributed by atoms with E-state index in [-0.39, 0.29) is 5.97 Å². The van der Waals surface area contributed by atoms with Gasteiger partial charge < -0.3 is 9.30 Å². The van der Waals surface area contributed by atoms with Crippen molar-refractivity contribution in [3.63, 3.8) is 0 Å². The van der Waals surface area contributed by atoms with Crippen molar-refractivity contribution in [2.75, 3.05) is 13.2 Å². The minimum Gasteiger partial charge on any atom is -0.465 e. The van der Waals surface area contributed by atoms with Gasteiger partial charge in [-0.1, -0.05) is 0 Å². The highest BCUT2D eigenvalue weighted by molar-refractivity contribution is 5.71. The van der Waals surface area contributed by atoms with E-state index in [1.54, 1.807) is 0 Å². The predicted molar refractivity (Wildman–Crippen MR) is 68.0 cm³/mol. The summed E-state index contributed by atoms with van der Waals surface area (Å²) in [4.78, 5) is 18.1. The maximum atomic E-state index is 11.6. The predicted octanol–water partition coefficient (Wildman–Crippen LogP) is 1.43. The van der Waals surface area contributed by atoms with Crippen molar-refractivity contribution in [1.29, 1.82) is 0 Å². The first-order valence-corrected chi connectivity index (χ1v) is 6.64. The molecule has 0 atom stereocenters. The molecule has 1 fully saturated rings. The molecule has 100 valence electrons. The molecule has 1 aromatic heterocycles. The zero-order chi connectivity index (χ0) is 13.0. The zero-order valence-electron chi connectivity index (χ0n) is 11.1. The smallest absolute Gasteiger partial charge is 0.320 e. The standard InChI is InChI=1S/C13H21N3O2/c1-3-15-8-7-14-12(15)9-16(11-5-6-11)10-13(17)18-4-2/h7-8,11H,3-6,9-10H2,1-2H3. The summed E-state index contributed by atoms with van der Waals surface area (Å²) < 4.78 is 7.13. The van der Waals surface area contributed by atoms with Gasteiger partial charge in [-0.2, -0.15) is 0 Å². The molecule has 1 aliphatic rings. The van der Waals surface area contributed by atoms with Gasteiger partial charge in [0.25, 0.3) is 0 Å². The molecule has 1 saturated carbocycles. The van der Waals surface area contributed by atoms with E-state index in [1.165, 1.54) is 12.8 Å². The summed E-state index contributed by atoms with van der Waals surface area (Å²) in [6.07, 6.45) is 6.14. The Morgan fingerprint density at radius 2 is 2.33 bits per heavy atom. The van der Waals surface area contributed by atoms with Crippen LogP contribution in [0.3, 0.4) is 0 Å². The van der Waals surface area contributed by atoms with Crippen LogP contribution in [0.25, 0.3) is 0 Å². The van der Waals surface area contributed by atoms with E-state index >= 15 is 0 Å². The number of hydrogen-bond donors (Lipinski definition) is 0. The van der Waals surface area contributed by atoms with Crippen molar-refractivity contribution >= 4 is 5.97 Å². The van der Waals surface area contributed by atoms with Crippen molar-refractivity contribution in [2.45, 2.75) is 45.8 Å². The van der Waals surface area contributed by atoms with Gasteiger partial charge in [0, 0.05) is 25.0 Å². The number of imidazole rings is 1. The average Bonchev–Trinajstić information content (AvgIpc) is 3.10. The van der Waals surface area contributed by atoms with Gasteiger partial charge in [-0.3, -0.25) is 9.69 Å². The molecular formula is C13H21N3O2. The van der Waals surface area contributed by atoms with Crippen LogP contribution in [0, 0.1) is 0 Å². The Kier molecular flexibility index (Phi) is 4.36. The quantitative estimate of drug-likeness (QED) is 0.688. The molecule has 0 N–H and O–H groups in total. The van der Waals surface area contributed by atoms with E-state index in [2.05, 4.69) is 21.4 Å². The number of rotatable bonds is 7. The summed E-state index contributed by atoms with van der Waals surface area (Å²) in [5, 5.41) is 0. The highest BCUT2D eigenvalue weighted by atomic mass is 16.5.